The maximum atomic E-state index is 12.3. The predicted octanol–water partition coefficient (Wildman–Crippen LogP) is 1.84. The van der Waals surface area contributed by atoms with Crippen LogP contribution in [0, 0.1) is 0 Å². The van der Waals surface area contributed by atoms with Gasteiger partial charge in [-0.1, -0.05) is 24.3 Å². The standard InChI is InChI=1S/C15H14N2O3/c18-14(13-6-3-7-16-13)17-8-10-4-1-2-5-11(10)12(9-17)15(19)20/h1-7,12,16H,8-9H2,(H,19,20). The monoisotopic (exact) mass is 270 g/mol. The van der Waals surface area contributed by atoms with Gasteiger partial charge in [0.15, 0.2) is 0 Å². The normalized spacial score (nSPS) is 17.6. The molecule has 2 N–H and O–H groups in total. The van der Waals surface area contributed by atoms with E-state index in [0.717, 1.165) is 11.1 Å². The Hall–Kier alpha value is -2.56. The minimum atomic E-state index is -0.901. The lowest BCUT2D eigenvalue weighted by Crippen LogP contribution is -2.40. The van der Waals surface area contributed by atoms with Gasteiger partial charge in [-0.15, -0.1) is 0 Å². The van der Waals surface area contributed by atoms with Gasteiger partial charge < -0.3 is 15.0 Å². The zero-order chi connectivity index (χ0) is 14.1. The van der Waals surface area contributed by atoms with Crippen molar-refractivity contribution in [1.82, 2.24) is 9.88 Å². The first-order chi connectivity index (χ1) is 9.66. The summed E-state index contributed by atoms with van der Waals surface area (Å²) < 4.78 is 0. The number of hydrogen-bond donors (Lipinski definition) is 2. The summed E-state index contributed by atoms with van der Waals surface area (Å²) in [5.74, 6) is -1.74. The summed E-state index contributed by atoms with van der Waals surface area (Å²) in [6.07, 6.45) is 1.68. The maximum Gasteiger partial charge on any atom is 0.312 e. The number of rotatable bonds is 2. The molecule has 1 aliphatic rings. The van der Waals surface area contributed by atoms with Crippen molar-refractivity contribution in [3.63, 3.8) is 0 Å². The molecule has 1 amide bonds. The van der Waals surface area contributed by atoms with E-state index in [0.29, 0.717) is 12.2 Å². The quantitative estimate of drug-likeness (QED) is 0.874. The SMILES string of the molecule is O=C(O)C1CN(C(=O)c2ccc[nH]2)Cc2ccccc21. The number of fused-ring (bicyclic) bond motifs is 1. The number of amides is 1. The van der Waals surface area contributed by atoms with Crippen molar-refractivity contribution < 1.29 is 14.7 Å². The first kappa shape index (κ1) is 12.5. The van der Waals surface area contributed by atoms with Crippen LogP contribution in [0.25, 0.3) is 0 Å². The zero-order valence-corrected chi connectivity index (χ0v) is 10.7. The van der Waals surface area contributed by atoms with Crippen LogP contribution >= 0.6 is 0 Å². The Labute approximate surface area is 115 Å². The molecule has 1 aromatic carbocycles. The number of aliphatic carboxylic acids is 1. The van der Waals surface area contributed by atoms with Gasteiger partial charge in [-0.05, 0) is 23.3 Å². The third kappa shape index (κ3) is 2.07. The van der Waals surface area contributed by atoms with Gasteiger partial charge in [0.25, 0.3) is 5.91 Å². The number of aromatic amines is 1. The summed E-state index contributed by atoms with van der Waals surface area (Å²) in [4.78, 5) is 28.2. The topological polar surface area (TPSA) is 73.4 Å². The number of benzene rings is 1. The van der Waals surface area contributed by atoms with Gasteiger partial charge >= 0.3 is 5.97 Å². The first-order valence-electron chi connectivity index (χ1n) is 6.40. The highest BCUT2D eigenvalue weighted by molar-refractivity contribution is 5.93. The summed E-state index contributed by atoms with van der Waals surface area (Å²) in [5, 5.41) is 9.37. The van der Waals surface area contributed by atoms with Crippen molar-refractivity contribution in [2.24, 2.45) is 0 Å². The fourth-order valence-corrected chi connectivity index (χ4v) is 2.61. The minimum absolute atomic E-state index is 0.171. The van der Waals surface area contributed by atoms with Crippen molar-refractivity contribution in [2.75, 3.05) is 6.54 Å². The highest BCUT2D eigenvalue weighted by Crippen LogP contribution is 2.29. The van der Waals surface area contributed by atoms with E-state index in [4.69, 9.17) is 0 Å². The third-order valence-corrected chi connectivity index (χ3v) is 3.61. The average Bonchev–Trinajstić information content (AvgIpc) is 2.99. The zero-order valence-electron chi connectivity index (χ0n) is 10.7. The van der Waals surface area contributed by atoms with Crippen molar-refractivity contribution in [1.29, 1.82) is 0 Å². The Kier molecular flexibility index (Phi) is 3.02. The van der Waals surface area contributed by atoms with Crippen LogP contribution in [0.2, 0.25) is 0 Å². The molecule has 1 atom stereocenters. The number of hydrogen-bond acceptors (Lipinski definition) is 2. The number of aromatic nitrogens is 1. The van der Waals surface area contributed by atoms with Crippen LogP contribution in [-0.4, -0.2) is 33.4 Å². The summed E-state index contributed by atoms with van der Waals surface area (Å²) in [7, 11) is 0. The smallest absolute Gasteiger partial charge is 0.312 e. The molecule has 0 saturated heterocycles. The van der Waals surface area contributed by atoms with Gasteiger partial charge in [0.1, 0.15) is 5.69 Å². The largest absolute Gasteiger partial charge is 0.481 e. The molecule has 1 aliphatic heterocycles. The summed E-state index contributed by atoms with van der Waals surface area (Å²) >= 11 is 0. The molecule has 0 saturated carbocycles. The van der Waals surface area contributed by atoms with E-state index in [1.807, 2.05) is 24.3 Å². The number of H-pyrrole nitrogens is 1. The lowest BCUT2D eigenvalue weighted by atomic mass is 9.89. The van der Waals surface area contributed by atoms with Crippen LogP contribution in [-0.2, 0) is 11.3 Å². The molecule has 3 rings (SSSR count). The van der Waals surface area contributed by atoms with Crippen molar-refractivity contribution in [3.05, 3.63) is 59.4 Å². The Morgan fingerprint density at radius 1 is 1.20 bits per heavy atom. The first-order valence-corrected chi connectivity index (χ1v) is 6.40. The molecule has 0 spiro atoms. The van der Waals surface area contributed by atoms with Gasteiger partial charge in [0.2, 0.25) is 0 Å². The number of nitrogens with one attached hydrogen (secondary N) is 1. The lowest BCUT2D eigenvalue weighted by Gasteiger charge is -2.32. The average molecular weight is 270 g/mol. The fourth-order valence-electron chi connectivity index (χ4n) is 2.61. The molecule has 5 heteroatoms. The van der Waals surface area contributed by atoms with E-state index in [9.17, 15) is 14.7 Å². The molecular formula is C15H14N2O3. The van der Waals surface area contributed by atoms with E-state index in [1.165, 1.54) is 0 Å². The number of carboxylic acid groups (broad SMARTS) is 1. The van der Waals surface area contributed by atoms with E-state index in [1.54, 1.807) is 23.2 Å². The Bertz CT molecular complexity index is 649. The minimum Gasteiger partial charge on any atom is -0.481 e. The molecule has 0 fully saturated rings. The van der Waals surface area contributed by atoms with Crippen LogP contribution in [0.5, 0.6) is 0 Å². The Balaban J connectivity index is 1.94. The molecule has 0 radical (unpaired) electrons. The molecular weight excluding hydrogens is 256 g/mol. The molecule has 0 bridgehead atoms. The molecule has 20 heavy (non-hydrogen) atoms. The van der Waals surface area contributed by atoms with E-state index in [2.05, 4.69) is 4.98 Å². The molecule has 1 aromatic heterocycles. The molecule has 1 unspecified atom stereocenters. The van der Waals surface area contributed by atoms with Crippen LogP contribution in [0.3, 0.4) is 0 Å². The highest BCUT2D eigenvalue weighted by Gasteiger charge is 2.32. The molecule has 0 aliphatic carbocycles. The van der Waals surface area contributed by atoms with Gasteiger partial charge in [-0.2, -0.15) is 0 Å². The second-order valence-electron chi connectivity index (χ2n) is 4.86. The lowest BCUT2D eigenvalue weighted by molar-refractivity contribution is -0.139. The van der Waals surface area contributed by atoms with Crippen molar-refractivity contribution in [3.8, 4) is 0 Å². The van der Waals surface area contributed by atoms with Gasteiger partial charge in [-0.3, -0.25) is 9.59 Å². The Morgan fingerprint density at radius 2 is 2.00 bits per heavy atom. The van der Waals surface area contributed by atoms with Crippen molar-refractivity contribution in [2.45, 2.75) is 12.5 Å². The summed E-state index contributed by atoms with van der Waals surface area (Å²) in [6, 6.07) is 10.8. The molecule has 2 heterocycles. The Morgan fingerprint density at radius 3 is 2.70 bits per heavy atom. The van der Waals surface area contributed by atoms with Crippen LogP contribution in [0.15, 0.2) is 42.6 Å². The second kappa shape index (κ2) is 4.85. The van der Waals surface area contributed by atoms with E-state index >= 15 is 0 Å². The summed E-state index contributed by atoms with van der Waals surface area (Å²) in [5.41, 5.74) is 2.18. The third-order valence-electron chi connectivity index (χ3n) is 3.61. The number of nitrogens with zero attached hydrogens (tertiary/aromatic N) is 1. The molecule has 2 aromatic rings. The van der Waals surface area contributed by atoms with Crippen LogP contribution in [0.4, 0.5) is 0 Å². The highest BCUT2D eigenvalue weighted by atomic mass is 16.4. The summed E-state index contributed by atoms with van der Waals surface area (Å²) in [6.45, 7) is 0.641. The molecule has 102 valence electrons. The van der Waals surface area contributed by atoms with Gasteiger partial charge in [0.05, 0.1) is 5.92 Å². The van der Waals surface area contributed by atoms with Gasteiger partial charge in [-0.25, -0.2) is 0 Å². The molecule has 5 nitrogen and oxygen atoms in total. The van der Waals surface area contributed by atoms with E-state index in [-0.39, 0.29) is 12.5 Å². The maximum absolute atomic E-state index is 12.3. The second-order valence-corrected chi connectivity index (χ2v) is 4.86. The van der Waals surface area contributed by atoms with Crippen LogP contribution in [0.1, 0.15) is 27.5 Å². The van der Waals surface area contributed by atoms with Crippen molar-refractivity contribution >= 4 is 11.9 Å². The predicted molar refractivity (Wildman–Crippen MR) is 72.4 cm³/mol. The van der Waals surface area contributed by atoms with E-state index < -0.39 is 11.9 Å². The number of carboxylic acids is 1. The van der Waals surface area contributed by atoms with Crippen LogP contribution < -0.4 is 0 Å². The van der Waals surface area contributed by atoms with Gasteiger partial charge in [0, 0.05) is 19.3 Å². The number of carbonyl (C=O) groups is 2. The number of carbonyl (C=O) groups excluding carboxylic acids is 1. The fraction of sp³-hybridized carbons (Fsp3) is 0.200.